The summed E-state index contributed by atoms with van der Waals surface area (Å²) < 4.78 is 48.1. The number of hydrogen-bond acceptors (Lipinski definition) is 5. The molecule has 3 heterocycles. The van der Waals surface area contributed by atoms with E-state index < -0.39 is 15.9 Å². The number of nitrogens with zero attached hydrogens (tertiary/aromatic N) is 1. The first-order chi connectivity index (χ1) is 14.4. The molecule has 1 saturated heterocycles. The van der Waals surface area contributed by atoms with E-state index in [4.69, 9.17) is 8.83 Å². The molecule has 1 aliphatic heterocycles. The first-order valence-electron chi connectivity index (χ1n) is 9.47. The Labute approximate surface area is 173 Å². The maximum Gasteiger partial charge on any atom is 0.247 e. The summed E-state index contributed by atoms with van der Waals surface area (Å²) in [6.07, 6.45) is 4.80. The normalized spacial score (nSPS) is 18.1. The van der Waals surface area contributed by atoms with E-state index in [-0.39, 0.29) is 29.8 Å². The molecule has 3 aromatic rings. The number of amides is 1. The number of carbonyl (C=O) groups excluding carboxylic acids is 1. The lowest BCUT2D eigenvalue weighted by Crippen LogP contribution is -2.39. The molecule has 1 atom stereocenters. The molecule has 0 radical (unpaired) electrons. The van der Waals surface area contributed by atoms with Crippen molar-refractivity contribution in [1.29, 1.82) is 0 Å². The van der Waals surface area contributed by atoms with Gasteiger partial charge in [0.15, 0.2) is 9.84 Å². The largest absolute Gasteiger partial charge is 0.465 e. The molecule has 1 aliphatic rings. The van der Waals surface area contributed by atoms with Crippen LogP contribution in [0.15, 0.2) is 69.7 Å². The van der Waals surface area contributed by atoms with Gasteiger partial charge in [-0.15, -0.1) is 0 Å². The minimum atomic E-state index is -3.17. The van der Waals surface area contributed by atoms with Gasteiger partial charge in [-0.25, -0.2) is 12.8 Å². The molecule has 0 N–H and O–H groups in total. The predicted octanol–water partition coefficient (Wildman–Crippen LogP) is 3.91. The third kappa shape index (κ3) is 4.71. The average molecular weight is 429 g/mol. The van der Waals surface area contributed by atoms with Crippen LogP contribution in [-0.4, -0.2) is 36.8 Å². The highest BCUT2D eigenvalue weighted by Crippen LogP contribution is 2.26. The van der Waals surface area contributed by atoms with Gasteiger partial charge in [-0.3, -0.25) is 4.79 Å². The van der Waals surface area contributed by atoms with E-state index >= 15 is 0 Å². The first-order valence-corrected chi connectivity index (χ1v) is 11.3. The van der Waals surface area contributed by atoms with Crippen LogP contribution in [0.1, 0.15) is 17.9 Å². The summed E-state index contributed by atoms with van der Waals surface area (Å²) in [4.78, 5) is 14.4. The third-order valence-corrected chi connectivity index (χ3v) is 6.73. The molecule has 0 bridgehead atoms. The Kier molecular flexibility index (Phi) is 5.59. The lowest BCUT2D eigenvalue weighted by Gasteiger charge is -2.26. The Hall–Kier alpha value is -3.13. The predicted molar refractivity (Wildman–Crippen MR) is 109 cm³/mol. The second kappa shape index (κ2) is 8.31. The molecular weight excluding hydrogens is 409 g/mol. The van der Waals surface area contributed by atoms with Crippen LogP contribution in [0.25, 0.3) is 17.4 Å². The molecule has 8 heteroatoms. The summed E-state index contributed by atoms with van der Waals surface area (Å²) in [6, 6.07) is 12.4. The molecule has 6 nitrogen and oxygen atoms in total. The van der Waals surface area contributed by atoms with Gasteiger partial charge in [-0.2, -0.15) is 0 Å². The highest BCUT2D eigenvalue weighted by Gasteiger charge is 2.34. The van der Waals surface area contributed by atoms with E-state index in [2.05, 4.69) is 0 Å². The molecule has 4 rings (SSSR count). The van der Waals surface area contributed by atoms with Crippen LogP contribution in [0.2, 0.25) is 0 Å². The molecule has 0 aliphatic carbocycles. The first kappa shape index (κ1) is 20.2. The van der Waals surface area contributed by atoms with Crippen molar-refractivity contribution in [3.05, 3.63) is 78.2 Å². The van der Waals surface area contributed by atoms with Gasteiger partial charge in [0.1, 0.15) is 23.1 Å². The average Bonchev–Trinajstić information content (AvgIpc) is 3.46. The number of rotatable bonds is 6. The highest BCUT2D eigenvalue weighted by atomic mass is 32.2. The smallest absolute Gasteiger partial charge is 0.247 e. The van der Waals surface area contributed by atoms with Crippen molar-refractivity contribution >= 4 is 21.8 Å². The van der Waals surface area contributed by atoms with Crippen LogP contribution >= 0.6 is 0 Å². The maximum atomic E-state index is 13.1. The quantitative estimate of drug-likeness (QED) is 0.555. The highest BCUT2D eigenvalue weighted by molar-refractivity contribution is 7.91. The Balaban J connectivity index is 1.55. The lowest BCUT2D eigenvalue weighted by atomic mass is 10.2. The number of hydrogen-bond donors (Lipinski definition) is 0. The summed E-state index contributed by atoms with van der Waals surface area (Å²) >= 11 is 0. The molecule has 1 aromatic carbocycles. The topological polar surface area (TPSA) is 80.7 Å². The Morgan fingerprint density at radius 1 is 1.17 bits per heavy atom. The van der Waals surface area contributed by atoms with Gasteiger partial charge in [-0.05, 0) is 61.0 Å². The van der Waals surface area contributed by atoms with Gasteiger partial charge >= 0.3 is 0 Å². The summed E-state index contributed by atoms with van der Waals surface area (Å²) in [5, 5.41) is 0. The SMILES string of the molecule is O=C(/C=C/c1ccco1)N(Cc1ccc(-c2ccc(F)cc2)o1)[C@@H]1CCS(=O)(=O)C1. The van der Waals surface area contributed by atoms with Crippen LogP contribution in [0.5, 0.6) is 0 Å². The van der Waals surface area contributed by atoms with E-state index in [0.717, 1.165) is 0 Å². The molecular formula is C22H20FNO5S. The number of benzene rings is 1. The second-order valence-electron chi connectivity index (χ2n) is 7.14. The van der Waals surface area contributed by atoms with Crippen LogP contribution in [0.3, 0.4) is 0 Å². The number of halogens is 1. The van der Waals surface area contributed by atoms with Crippen molar-refractivity contribution in [3.63, 3.8) is 0 Å². The van der Waals surface area contributed by atoms with E-state index in [1.165, 1.54) is 29.4 Å². The van der Waals surface area contributed by atoms with Crippen LogP contribution in [0, 0.1) is 5.82 Å². The minimum absolute atomic E-state index is 0.0579. The number of furan rings is 2. The zero-order chi connectivity index (χ0) is 21.1. The van der Waals surface area contributed by atoms with Crippen molar-refractivity contribution in [2.24, 2.45) is 0 Å². The number of sulfone groups is 1. The molecule has 30 heavy (non-hydrogen) atoms. The molecule has 2 aromatic heterocycles. The summed E-state index contributed by atoms with van der Waals surface area (Å²) in [7, 11) is -3.17. The van der Waals surface area contributed by atoms with Gasteiger partial charge in [-0.1, -0.05) is 0 Å². The monoisotopic (exact) mass is 429 g/mol. The molecule has 1 amide bonds. The van der Waals surface area contributed by atoms with E-state index in [1.807, 2.05) is 0 Å². The van der Waals surface area contributed by atoms with Crippen LogP contribution in [-0.2, 0) is 21.2 Å². The van der Waals surface area contributed by atoms with Gasteiger partial charge in [0.2, 0.25) is 5.91 Å². The standard InChI is InChI=1S/C22H20FNO5S/c23-17-5-3-16(4-6-17)21-9-7-20(29-21)14-24(18-11-13-30(26,27)15-18)22(25)10-8-19-2-1-12-28-19/h1-10,12,18H,11,13-15H2/b10-8+/t18-/m1/s1. The molecule has 0 saturated carbocycles. The van der Waals surface area contributed by atoms with E-state index in [0.29, 0.717) is 29.3 Å². The van der Waals surface area contributed by atoms with Gasteiger partial charge in [0.05, 0.1) is 24.3 Å². The van der Waals surface area contributed by atoms with Crippen LogP contribution < -0.4 is 0 Å². The minimum Gasteiger partial charge on any atom is -0.465 e. The Morgan fingerprint density at radius 2 is 1.97 bits per heavy atom. The molecule has 156 valence electrons. The summed E-state index contributed by atoms with van der Waals surface area (Å²) in [5.74, 6) is 0.905. The maximum absolute atomic E-state index is 13.1. The fourth-order valence-electron chi connectivity index (χ4n) is 3.44. The van der Waals surface area contributed by atoms with Crippen molar-refractivity contribution in [2.75, 3.05) is 11.5 Å². The Bertz CT molecular complexity index is 1150. The third-order valence-electron chi connectivity index (χ3n) is 4.98. The van der Waals surface area contributed by atoms with Gasteiger partial charge in [0.25, 0.3) is 0 Å². The zero-order valence-electron chi connectivity index (χ0n) is 16.0. The fourth-order valence-corrected chi connectivity index (χ4v) is 5.17. The van der Waals surface area contributed by atoms with Crippen molar-refractivity contribution in [3.8, 4) is 11.3 Å². The van der Waals surface area contributed by atoms with Gasteiger partial charge < -0.3 is 13.7 Å². The van der Waals surface area contributed by atoms with Crippen LogP contribution in [0.4, 0.5) is 4.39 Å². The number of carbonyl (C=O) groups is 1. The second-order valence-corrected chi connectivity index (χ2v) is 9.37. The van der Waals surface area contributed by atoms with Crippen molar-refractivity contribution in [1.82, 2.24) is 4.90 Å². The lowest BCUT2D eigenvalue weighted by molar-refractivity contribution is -0.128. The molecule has 0 unspecified atom stereocenters. The zero-order valence-corrected chi connectivity index (χ0v) is 16.8. The summed E-state index contributed by atoms with van der Waals surface area (Å²) in [6.45, 7) is 0.128. The Morgan fingerprint density at radius 3 is 2.63 bits per heavy atom. The summed E-state index contributed by atoms with van der Waals surface area (Å²) in [5.41, 5.74) is 0.710. The van der Waals surface area contributed by atoms with Crippen molar-refractivity contribution in [2.45, 2.75) is 19.0 Å². The van der Waals surface area contributed by atoms with E-state index in [9.17, 15) is 17.6 Å². The molecule has 1 fully saturated rings. The van der Waals surface area contributed by atoms with Gasteiger partial charge in [0, 0.05) is 17.7 Å². The van der Waals surface area contributed by atoms with E-state index in [1.54, 1.807) is 42.5 Å². The fraction of sp³-hybridized carbons (Fsp3) is 0.227. The molecule has 0 spiro atoms. The van der Waals surface area contributed by atoms with Crippen molar-refractivity contribution < 1.29 is 26.4 Å².